The normalized spacial score (nSPS) is 10.7. The lowest BCUT2D eigenvalue weighted by Crippen LogP contribution is -2.33. The van der Waals surface area contributed by atoms with E-state index in [0.29, 0.717) is 11.1 Å². The van der Waals surface area contributed by atoms with Crippen LogP contribution in [0.1, 0.15) is 32.6 Å². The number of aryl methyl sites for hydroxylation is 4. The van der Waals surface area contributed by atoms with Crippen LogP contribution in [0.25, 0.3) is 0 Å². The first kappa shape index (κ1) is 15.0. The zero-order valence-electron chi connectivity index (χ0n) is 12.6. The summed E-state index contributed by atoms with van der Waals surface area (Å²) in [5.74, 6) is -0.140. The van der Waals surface area contributed by atoms with Gasteiger partial charge in [-0.25, -0.2) is 4.79 Å². The summed E-state index contributed by atoms with van der Waals surface area (Å²) in [6.45, 7) is 7.26. The minimum atomic E-state index is -0.568. The molecule has 0 saturated carbocycles. The number of hydrogen-bond acceptors (Lipinski definition) is 3. The number of carbonyl (C=O) groups excluding carboxylic acids is 1. The van der Waals surface area contributed by atoms with Gasteiger partial charge in [-0.3, -0.25) is 19.1 Å². The Kier molecular flexibility index (Phi) is 3.93. The Morgan fingerprint density at radius 1 is 1.05 bits per heavy atom. The van der Waals surface area contributed by atoms with Crippen LogP contribution in [0.2, 0.25) is 0 Å². The second kappa shape index (κ2) is 5.52. The molecule has 0 fully saturated rings. The molecule has 5 heteroatoms. The predicted octanol–water partition coefficient (Wildman–Crippen LogP) is 1.65. The second-order valence-corrected chi connectivity index (χ2v) is 5.40. The van der Waals surface area contributed by atoms with Gasteiger partial charge in [0.05, 0.1) is 6.54 Å². The quantitative estimate of drug-likeness (QED) is 0.872. The zero-order valence-corrected chi connectivity index (χ0v) is 12.6. The van der Waals surface area contributed by atoms with Gasteiger partial charge >= 0.3 is 5.69 Å². The first-order valence-electron chi connectivity index (χ1n) is 6.71. The standard InChI is InChI=1S/C16H18N2O3/c1-9-5-10(2)14(11(3)6-9)13(19)8-18-7-12(4)15(20)17-16(18)21/h5-7H,8H2,1-4H3,(H,17,20,21). The maximum absolute atomic E-state index is 12.5. The molecule has 0 amide bonds. The molecule has 5 nitrogen and oxygen atoms in total. The van der Waals surface area contributed by atoms with Crippen LogP contribution >= 0.6 is 0 Å². The van der Waals surface area contributed by atoms with Gasteiger partial charge in [-0.05, 0) is 38.8 Å². The fourth-order valence-corrected chi connectivity index (χ4v) is 2.59. The highest BCUT2D eigenvalue weighted by molar-refractivity contribution is 5.98. The maximum Gasteiger partial charge on any atom is 0.328 e. The monoisotopic (exact) mass is 286 g/mol. The predicted molar refractivity (Wildman–Crippen MR) is 81.0 cm³/mol. The van der Waals surface area contributed by atoms with Gasteiger partial charge in [-0.1, -0.05) is 17.7 Å². The molecule has 1 aromatic heterocycles. The number of Topliss-reactive ketones (excluding diaryl/α,β-unsaturated/α-hetero) is 1. The Balaban J connectivity index is 2.42. The number of benzene rings is 1. The van der Waals surface area contributed by atoms with Crippen LogP contribution in [0.15, 0.2) is 27.9 Å². The van der Waals surface area contributed by atoms with Gasteiger partial charge in [0, 0.05) is 17.3 Å². The van der Waals surface area contributed by atoms with E-state index >= 15 is 0 Å². The molecule has 2 aromatic rings. The number of rotatable bonds is 3. The summed E-state index contributed by atoms with van der Waals surface area (Å²) in [5.41, 5.74) is 2.93. The van der Waals surface area contributed by atoms with Crippen LogP contribution < -0.4 is 11.2 Å². The van der Waals surface area contributed by atoms with Crippen molar-refractivity contribution < 1.29 is 4.79 Å². The maximum atomic E-state index is 12.5. The zero-order chi connectivity index (χ0) is 15.7. The molecule has 0 radical (unpaired) electrons. The van der Waals surface area contributed by atoms with E-state index in [1.807, 2.05) is 32.9 Å². The van der Waals surface area contributed by atoms with E-state index in [0.717, 1.165) is 16.7 Å². The molecule has 0 bridgehead atoms. The van der Waals surface area contributed by atoms with Crippen molar-refractivity contribution in [1.29, 1.82) is 0 Å². The molecule has 1 N–H and O–H groups in total. The Hall–Kier alpha value is -2.43. The van der Waals surface area contributed by atoms with Crippen molar-refractivity contribution in [2.45, 2.75) is 34.2 Å². The van der Waals surface area contributed by atoms with Gasteiger partial charge in [-0.2, -0.15) is 0 Å². The minimum Gasteiger partial charge on any atom is -0.293 e. The third kappa shape index (κ3) is 3.02. The summed E-state index contributed by atoms with van der Waals surface area (Å²) in [5, 5.41) is 0. The van der Waals surface area contributed by atoms with Crippen molar-refractivity contribution in [1.82, 2.24) is 9.55 Å². The molecule has 2 rings (SSSR count). The highest BCUT2D eigenvalue weighted by Crippen LogP contribution is 2.17. The van der Waals surface area contributed by atoms with Crippen LogP contribution in [0, 0.1) is 27.7 Å². The number of nitrogens with one attached hydrogen (secondary N) is 1. The molecule has 0 unspecified atom stereocenters. The van der Waals surface area contributed by atoms with Crippen molar-refractivity contribution in [3.05, 3.63) is 67.0 Å². The average Bonchev–Trinajstić information content (AvgIpc) is 2.34. The second-order valence-electron chi connectivity index (χ2n) is 5.40. The minimum absolute atomic E-state index is 0.0821. The lowest BCUT2D eigenvalue weighted by atomic mass is 9.96. The Morgan fingerprint density at radius 3 is 2.19 bits per heavy atom. The van der Waals surface area contributed by atoms with Crippen molar-refractivity contribution in [2.24, 2.45) is 0 Å². The summed E-state index contributed by atoms with van der Waals surface area (Å²) in [4.78, 5) is 37.7. The van der Waals surface area contributed by atoms with Gasteiger partial charge in [-0.15, -0.1) is 0 Å². The topological polar surface area (TPSA) is 71.9 Å². The molecule has 0 aliphatic rings. The summed E-state index contributed by atoms with van der Waals surface area (Å²) < 4.78 is 1.23. The Bertz CT molecular complexity index is 805. The van der Waals surface area contributed by atoms with Crippen LogP contribution in [-0.4, -0.2) is 15.3 Å². The van der Waals surface area contributed by atoms with E-state index in [1.54, 1.807) is 6.92 Å². The average molecular weight is 286 g/mol. The van der Waals surface area contributed by atoms with E-state index < -0.39 is 11.2 Å². The molecule has 1 aromatic carbocycles. The smallest absolute Gasteiger partial charge is 0.293 e. The fourth-order valence-electron chi connectivity index (χ4n) is 2.59. The lowest BCUT2D eigenvalue weighted by Gasteiger charge is -2.11. The first-order valence-corrected chi connectivity index (χ1v) is 6.71. The summed E-state index contributed by atoms with van der Waals surface area (Å²) in [7, 11) is 0. The van der Waals surface area contributed by atoms with E-state index in [-0.39, 0.29) is 12.3 Å². The van der Waals surface area contributed by atoms with Crippen LogP contribution in [0.3, 0.4) is 0 Å². The van der Waals surface area contributed by atoms with Gasteiger partial charge in [0.1, 0.15) is 0 Å². The Morgan fingerprint density at radius 2 is 1.62 bits per heavy atom. The summed E-state index contributed by atoms with van der Waals surface area (Å²) in [6, 6.07) is 3.89. The fraction of sp³-hybridized carbons (Fsp3) is 0.312. The van der Waals surface area contributed by atoms with E-state index in [1.165, 1.54) is 10.8 Å². The highest BCUT2D eigenvalue weighted by Gasteiger charge is 2.14. The molecule has 0 atom stereocenters. The van der Waals surface area contributed by atoms with E-state index in [4.69, 9.17) is 0 Å². The summed E-state index contributed by atoms with van der Waals surface area (Å²) in [6.07, 6.45) is 1.41. The molecule has 110 valence electrons. The number of ketones is 1. The van der Waals surface area contributed by atoms with Crippen LogP contribution in [-0.2, 0) is 6.54 Å². The van der Waals surface area contributed by atoms with Gasteiger partial charge in [0.15, 0.2) is 5.78 Å². The van der Waals surface area contributed by atoms with Gasteiger partial charge < -0.3 is 0 Å². The number of hydrogen-bond donors (Lipinski definition) is 1. The molecular formula is C16H18N2O3. The summed E-state index contributed by atoms with van der Waals surface area (Å²) >= 11 is 0. The molecule has 0 spiro atoms. The lowest BCUT2D eigenvalue weighted by molar-refractivity contribution is 0.0969. The Labute approximate surface area is 122 Å². The number of nitrogens with zero attached hydrogens (tertiary/aromatic N) is 1. The highest BCUT2D eigenvalue weighted by atomic mass is 16.2. The third-order valence-electron chi connectivity index (χ3n) is 3.46. The molecule has 0 aliphatic heterocycles. The van der Waals surface area contributed by atoms with E-state index in [2.05, 4.69) is 4.98 Å². The number of H-pyrrole nitrogens is 1. The SMILES string of the molecule is Cc1cc(C)c(C(=O)Cn2cc(C)c(=O)[nH]c2=O)c(C)c1. The van der Waals surface area contributed by atoms with Gasteiger partial charge in [0.25, 0.3) is 5.56 Å². The third-order valence-corrected chi connectivity index (χ3v) is 3.46. The molecule has 0 aliphatic carbocycles. The number of aromatic nitrogens is 2. The molecule has 0 saturated heterocycles. The van der Waals surface area contributed by atoms with Crippen molar-refractivity contribution >= 4 is 5.78 Å². The van der Waals surface area contributed by atoms with Crippen molar-refractivity contribution in [3.63, 3.8) is 0 Å². The van der Waals surface area contributed by atoms with Crippen molar-refractivity contribution in [3.8, 4) is 0 Å². The van der Waals surface area contributed by atoms with E-state index in [9.17, 15) is 14.4 Å². The number of carbonyl (C=O) groups is 1. The molecular weight excluding hydrogens is 268 g/mol. The molecule has 21 heavy (non-hydrogen) atoms. The van der Waals surface area contributed by atoms with Gasteiger partial charge in [0.2, 0.25) is 0 Å². The van der Waals surface area contributed by atoms with Crippen molar-refractivity contribution in [2.75, 3.05) is 0 Å². The largest absolute Gasteiger partial charge is 0.328 e. The van der Waals surface area contributed by atoms with Crippen LogP contribution in [0.5, 0.6) is 0 Å². The number of aromatic amines is 1. The van der Waals surface area contributed by atoms with Crippen LogP contribution in [0.4, 0.5) is 0 Å². The molecule has 1 heterocycles. The first-order chi connectivity index (χ1) is 9.79.